The summed E-state index contributed by atoms with van der Waals surface area (Å²) in [5.74, 6) is -0.460. The normalized spacial score (nSPS) is 19.0. The molecule has 0 bridgehead atoms. The van der Waals surface area contributed by atoms with Gasteiger partial charge in [0.25, 0.3) is 5.91 Å². The van der Waals surface area contributed by atoms with Gasteiger partial charge in [-0.1, -0.05) is 0 Å². The molecule has 6 nitrogen and oxygen atoms in total. The number of amides is 1. The molecule has 3 aromatic heterocycles. The van der Waals surface area contributed by atoms with E-state index < -0.39 is 5.95 Å². The van der Waals surface area contributed by atoms with Crippen LogP contribution in [-0.2, 0) is 25.3 Å². The van der Waals surface area contributed by atoms with E-state index in [4.69, 9.17) is 0 Å². The van der Waals surface area contributed by atoms with Crippen LogP contribution in [0.5, 0.6) is 0 Å². The van der Waals surface area contributed by atoms with Crippen molar-refractivity contribution in [1.29, 1.82) is 0 Å². The number of halogens is 1. The molecule has 1 fully saturated rings. The minimum absolute atomic E-state index is 0.0129. The third-order valence-corrected chi connectivity index (χ3v) is 6.87. The second-order valence-electron chi connectivity index (χ2n) is 8.84. The maximum absolute atomic E-state index is 13.3. The van der Waals surface area contributed by atoms with Crippen LogP contribution in [0, 0.1) is 5.95 Å². The van der Waals surface area contributed by atoms with Crippen molar-refractivity contribution in [3.05, 3.63) is 58.9 Å². The number of fused-ring (bicyclic) bond motifs is 6. The molecule has 7 heteroatoms. The van der Waals surface area contributed by atoms with Crippen molar-refractivity contribution in [3.63, 3.8) is 0 Å². The second-order valence-corrected chi connectivity index (χ2v) is 8.84. The standard InChI is InChI=1S/C23H22FN5O/c1-28-11-23(12-28)10-27-22(30)19-15-5-3-13-8-25-17(14-4-6-18(24)26-9-14)7-16(13)20(15)29(2)21(19)23/h4,6-9H,3,5,10-12H2,1-2H3,(H,27,30). The van der Waals surface area contributed by atoms with Gasteiger partial charge in [0.05, 0.1) is 22.4 Å². The zero-order chi connectivity index (χ0) is 20.6. The summed E-state index contributed by atoms with van der Waals surface area (Å²) in [6.45, 7) is 2.59. The summed E-state index contributed by atoms with van der Waals surface area (Å²) in [6.07, 6.45) is 5.12. The largest absolute Gasteiger partial charge is 0.351 e. The Morgan fingerprint density at radius 2 is 1.97 bits per heavy atom. The molecular weight excluding hydrogens is 381 g/mol. The second kappa shape index (κ2) is 5.98. The van der Waals surface area contributed by atoms with E-state index in [0.29, 0.717) is 6.54 Å². The lowest BCUT2D eigenvalue weighted by molar-refractivity contribution is 0.0671. The van der Waals surface area contributed by atoms with E-state index in [2.05, 4.69) is 44.9 Å². The molecular formula is C23H22FN5O. The van der Waals surface area contributed by atoms with Gasteiger partial charge in [0.15, 0.2) is 0 Å². The zero-order valence-electron chi connectivity index (χ0n) is 17.0. The monoisotopic (exact) mass is 403 g/mol. The van der Waals surface area contributed by atoms with Crippen molar-refractivity contribution in [3.8, 4) is 22.5 Å². The fourth-order valence-corrected chi connectivity index (χ4v) is 5.71. The molecule has 5 heterocycles. The predicted octanol–water partition coefficient (Wildman–Crippen LogP) is 2.31. The van der Waals surface area contributed by atoms with Gasteiger partial charge in [-0.25, -0.2) is 4.98 Å². The van der Waals surface area contributed by atoms with Crippen LogP contribution >= 0.6 is 0 Å². The van der Waals surface area contributed by atoms with Crippen molar-refractivity contribution in [1.82, 2.24) is 24.8 Å². The summed E-state index contributed by atoms with van der Waals surface area (Å²) in [4.78, 5) is 23.6. The molecule has 6 rings (SSSR count). The lowest BCUT2D eigenvalue weighted by atomic mass is 9.72. The van der Waals surface area contributed by atoms with E-state index in [1.54, 1.807) is 6.07 Å². The highest BCUT2D eigenvalue weighted by Crippen LogP contribution is 2.46. The number of aryl methyl sites for hydroxylation is 1. The number of carbonyl (C=O) groups is 1. The summed E-state index contributed by atoms with van der Waals surface area (Å²) in [5.41, 5.74) is 8.12. The molecule has 30 heavy (non-hydrogen) atoms. The van der Waals surface area contributed by atoms with Gasteiger partial charge in [-0.05, 0) is 49.2 Å². The van der Waals surface area contributed by atoms with Crippen molar-refractivity contribution >= 4 is 5.91 Å². The fraction of sp³-hybridized carbons (Fsp3) is 0.348. The van der Waals surface area contributed by atoms with E-state index in [0.717, 1.165) is 59.6 Å². The van der Waals surface area contributed by atoms with Gasteiger partial charge < -0.3 is 14.8 Å². The first-order valence-electron chi connectivity index (χ1n) is 10.3. The average molecular weight is 403 g/mol. The van der Waals surface area contributed by atoms with E-state index in [1.165, 1.54) is 23.5 Å². The lowest BCUT2D eigenvalue weighted by Gasteiger charge is -2.51. The van der Waals surface area contributed by atoms with Crippen molar-refractivity contribution in [2.75, 3.05) is 26.7 Å². The van der Waals surface area contributed by atoms with Gasteiger partial charge in [0, 0.05) is 55.9 Å². The number of likely N-dealkylation sites (N-methyl/N-ethyl adjacent to an activating group) is 1. The minimum atomic E-state index is -0.504. The van der Waals surface area contributed by atoms with Crippen LogP contribution in [0.1, 0.15) is 27.2 Å². The SMILES string of the molecule is CN1CC2(CNC(=O)c3c4c(n(C)c32)-c2cc(-c3ccc(F)nc3)ncc2CC4)C1. The average Bonchev–Trinajstić information content (AvgIpc) is 3.04. The first kappa shape index (κ1) is 17.8. The number of rotatable bonds is 1. The van der Waals surface area contributed by atoms with Crippen LogP contribution in [0.25, 0.3) is 22.5 Å². The van der Waals surface area contributed by atoms with Gasteiger partial charge >= 0.3 is 0 Å². The predicted molar refractivity (Wildman–Crippen MR) is 111 cm³/mol. The number of hydrogen-bond acceptors (Lipinski definition) is 4. The van der Waals surface area contributed by atoms with Gasteiger partial charge in [0.2, 0.25) is 5.95 Å². The van der Waals surface area contributed by atoms with E-state index in [1.807, 2.05) is 6.20 Å². The van der Waals surface area contributed by atoms with Crippen LogP contribution in [0.3, 0.4) is 0 Å². The number of hydrogen-bond donors (Lipinski definition) is 1. The molecule has 0 aromatic carbocycles. The fourth-order valence-electron chi connectivity index (χ4n) is 5.71. The number of likely N-dealkylation sites (tertiary alicyclic amines) is 1. The molecule has 1 amide bonds. The number of nitrogens with one attached hydrogen (secondary N) is 1. The molecule has 0 unspecified atom stereocenters. The molecule has 1 aliphatic carbocycles. The molecule has 3 aliphatic rings. The Kier molecular flexibility index (Phi) is 3.54. The highest BCUT2D eigenvalue weighted by atomic mass is 19.1. The highest BCUT2D eigenvalue weighted by Gasteiger charge is 2.51. The molecule has 0 saturated carbocycles. The summed E-state index contributed by atoms with van der Waals surface area (Å²) in [7, 11) is 4.21. The van der Waals surface area contributed by atoms with Crippen LogP contribution in [0.4, 0.5) is 4.39 Å². The van der Waals surface area contributed by atoms with Crippen LogP contribution in [-0.4, -0.2) is 52.0 Å². The molecule has 3 aromatic rings. The maximum atomic E-state index is 13.3. The Balaban J connectivity index is 1.55. The number of carbonyl (C=O) groups excluding carboxylic acids is 1. The topological polar surface area (TPSA) is 63.1 Å². The molecule has 0 radical (unpaired) electrons. The van der Waals surface area contributed by atoms with E-state index in [9.17, 15) is 9.18 Å². The Morgan fingerprint density at radius 3 is 2.70 bits per heavy atom. The van der Waals surface area contributed by atoms with Crippen LogP contribution in [0.15, 0.2) is 30.6 Å². The Morgan fingerprint density at radius 1 is 1.13 bits per heavy atom. The van der Waals surface area contributed by atoms with Crippen molar-refractivity contribution in [2.45, 2.75) is 18.3 Å². The lowest BCUT2D eigenvalue weighted by Crippen LogP contribution is -2.65. The van der Waals surface area contributed by atoms with Gasteiger partial charge in [-0.2, -0.15) is 4.39 Å². The molecule has 1 N–H and O–H groups in total. The maximum Gasteiger partial charge on any atom is 0.253 e. The Hall–Kier alpha value is -3.06. The molecule has 152 valence electrons. The Bertz CT molecular complexity index is 1210. The van der Waals surface area contributed by atoms with E-state index in [-0.39, 0.29) is 11.3 Å². The van der Waals surface area contributed by atoms with Crippen molar-refractivity contribution in [2.24, 2.45) is 7.05 Å². The quantitative estimate of drug-likeness (QED) is 0.634. The van der Waals surface area contributed by atoms with Gasteiger partial charge in [0.1, 0.15) is 0 Å². The summed E-state index contributed by atoms with van der Waals surface area (Å²) in [5, 5.41) is 3.15. The van der Waals surface area contributed by atoms with Crippen LogP contribution in [0.2, 0.25) is 0 Å². The summed E-state index contributed by atoms with van der Waals surface area (Å²) >= 11 is 0. The first-order valence-corrected chi connectivity index (χ1v) is 10.3. The van der Waals surface area contributed by atoms with E-state index >= 15 is 0 Å². The third-order valence-electron chi connectivity index (χ3n) is 6.87. The molecule has 2 aliphatic heterocycles. The third kappa shape index (κ3) is 2.29. The highest BCUT2D eigenvalue weighted by molar-refractivity contribution is 6.01. The van der Waals surface area contributed by atoms with Crippen molar-refractivity contribution < 1.29 is 9.18 Å². The van der Waals surface area contributed by atoms with Gasteiger partial charge in [-0.15, -0.1) is 0 Å². The minimum Gasteiger partial charge on any atom is -0.351 e. The first-order chi connectivity index (χ1) is 14.5. The van der Waals surface area contributed by atoms with Gasteiger partial charge in [-0.3, -0.25) is 9.78 Å². The number of pyridine rings is 2. The summed E-state index contributed by atoms with van der Waals surface area (Å²) in [6, 6.07) is 5.11. The van der Waals surface area contributed by atoms with Crippen LogP contribution < -0.4 is 5.32 Å². The zero-order valence-corrected chi connectivity index (χ0v) is 17.0. The molecule has 1 saturated heterocycles. The number of aromatic nitrogens is 3. The Labute approximate surface area is 173 Å². The smallest absolute Gasteiger partial charge is 0.253 e. The summed E-state index contributed by atoms with van der Waals surface area (Å²) < 4.78 is 15.5. The molecule has 0 atom stereocenters. The number of nitrogens with zero attached hydrogens (tertiary/aromatic N) is 4. The molecule has 1 spiro atoms.